The van der Waals surface area contributed by atoms with Crippen LogP contribution < -0.4 is 24.3 Å². The minimum absolute atomic E-state index is 0.332. The lowest BCUT2D eigenvalue weighted by Crippen LogP contribution is -2.08. The van der Waals surface area contributed by atoms with E-state index >= 15 is 0 Å². The summed E-state index contributed by atoms with van der Waals surface area (Å²) in [5.41, 5.74) is 1.14. The Morgan fingerprint density at radius 1 is 0.929 bits per heavy atom. The highest BCUT2D eigenvalue weighted by atomic mass is 16.5. The standard InChI is InChI=1S/C21H21NO6/c1-24-16-7-5-6-13-10-15(28-20(13)16)8-9-19(23)22-14-11-17(25-2)21(27-4)18(12-14)26-3/h5-12H,1-4H3,(H,22,23). The van der Waals surface area contributed by atoms with Crippen LogP contribution in [0.25, 0.3) is 17.0 Å². The topological polar surface area (TPSA) is 79.2 Å². The average molecular weight is 383 g/mol. The van der Waals surface area contributed by atoms with Gasteiger partial charge in [0.05, 0.1) is 28.4 Å². The summed E-state index contributed by atoms with van der Waals surface area (Å²) in [4.78, 5) is 12.3. The Bertz CT molecular complexity index is 996. The summed E-state index contributed by atoms with van der Waals surface area (Å²) in [6, 6.07) is 10.7. The zero-order valence-electron chi connectivity index (χ0n) is 16.1. The fourth-order valence-electron chi connectivity index (χ4n) is 2.79. The van der Waals surface area contributed by atoms with Gasteiger partial charge in [0.25, 0.3) is 0 Å². The van der Waals surface area contributed by atoms with Crippen molar-refractivity contribution in [2.24, 2.45) is 0 Å². The molecule has 0 unspecified atom stereocenters. The van der Waals surface area contributed by atoms with Crippen LogP contribution in [0.2, 0.25) is 0 Å². The first kappa shape index (κ1) is 19.2. The van der Waals surface area contributed by atoms with Crippen LogP contribution in [0.1, 0.15) is 5.76 Å². The maximum absolute atomic E-state index is 12.3. The molecule has 1 amide bonds. The quantitative estimate of drug-likeness (QED) is 0.619. The Morgan fingerprint density at radius 2 is 1.61 bits per heavy atom. The summed E-state index contributed by atoms with van der Waals surface area (Å²) in [5.74, 6) is 2.20. The Balaban J connectivity index is 1.79. The van der Waals surface area contributed by atoms with Crippen molar-refractivity contribution in [3.63, 3.8) is 0 Å². The van der Waals surface area contributed by atoms with Crippen molar-refractivity contribution in [2.45, 2.75) is 0 Å². The van der Waals surface area contributed by atoms with Gasteiger partial charge >= 0.3 is 0 Å². The molecule has 0 spiro atoms. The van der Waals surface area contributed by atoms with Crippen LogP contribution in [0.5, 0.6) is 23.0 Å². The van der Waals surface area contributed by atoms with E-state index in [2.05, 4.69) is 5.32 Å². The van der Waals surface area contributed by atoms with Crippen LogP contribution in [0.15, 0.2) is 46.9 Å². The van der Waals surface area contributed by atoms with Crippen LogP contribution in [-0.4, -0.2) is 34.3 Å². The van der Waals surface area contributed by atoms with Gasteiger partial charge in [-0.25, -0.2) is 0 Å². The van der Waals surface area contributed by atoms with Gasteiger partial charge in [-0.15, -0.1) is 0 Å². The predicted octanol–water partition coefficient (Wildman–Crippen LogP) is 4.12. The van der Waals surface area contributed by atoms with Crippen LogP contribution in [0, 0.1) is 0 Å². The van der Waals surface area contributed by atoms with Crippen molar-refractivity contribution >= 4 is 28.6 Å². The number of methoxy groups -OCH3 is 4. The first-order chi connectivity index (χ1) is 13.6. The number of para-hydroxylation sites is 1. The molecule has 0 aliphatic heterocycles. The number of hydrogen-bond acceptors (Lipinski definition) is 6. The van der Waals surface area contributed by atoms with Crippen LogP contribution in [0.3, 0.4) is 0 Å². The molecule has 0 fully saturated rings. The van der Waals surface area contributed by atoms with Gasteiger partial charge in [-0.2, -0.15) is 0 Å². The fourth-order valence-corrected chi connectivity index (χ4v) is 2.79. The van der Waals surface area contributed by atoms with Gasteiger partial charge in [0, 0.05) is 29.3 Å². The number of benzene rings is 2. The summed E-state index contributed by atoms with van der Waals surface area (Å²) in [6.07, 6.45) is 2.97. The molecule has 1 aromatic heterocycles. The Morgan fingerprint density at radius 3 is 2.21 bits per heavy atom. The van der Waals surface area contributed by atoms with Gasteiger partial charge in [0.2, 0.25) is 11.7 Å². The number of carbonyl (C=O) groups is 1. The van der Waals surface area contributed by atoms with E-state index in [4.69, 9.17) is 23.4 Å². The van der Waals surface area contributed by atoms with E-state index in [9.17, 15) is 4.79 Å². The summed E-state index contributed by atoms with van der Waals surface area (Å²) in [6.45, 7) is 0. The third-order valence-corrected chi connectivity index (χ3v) is 4.08. The van der Waals surface area contributed by atoms with E-state index in [0.29, 0.717) is 40.0 Å². The van der Waals surface area contributed by atoms with E-state index < -0.39 is 0 Å². The van der Waals surface area contributed by atoms with Gasteiger partial charge in [0.1, 0.15) is 5.76 Å². The van der Waals surface area contributed by atoms with Crippen LogP contribution in [0.4, 0.5) is 5.69 Å². The third-order valence-electron chi connectivity index (χ3n) is 4.08. The normalized spacial score (nSPS) is 10.9. The summed E-state index contributed by atoms with van der Waals surface area (Å²) in [7, 11) is 6.12. The number of rotatable bonds is 7. The number of anilines is 1. The SMILES string of the molecule is COc1cc(NC(=O)C=Cc2cc3cccc(OC)c3o2)cc(OC)c1OC. The molecule has 0 saturated carbocycles. The lowest BCUT2D eigenvalue weighted by Gasteiger charge is -2.14. The van der Waals surface area contributed by atoms with E-state index in [1.165, 1.54) is 27.4 Å². The van der Waals surface area contributed by atoms with Gasteiger partial charge in [-0.1, -0.05) is 12.1 Å². The average Bonchev–Trinajstić information content (AvgIpc) is 3.14. The van der Waals surface area contributed by atoms with Crippen molar-refractivity contribution < 1.29 is 28.2 Å². The van der Waals surface area contributed by atoms with Crippen molar-refractivity contribution in [1.82, 2.24) is 0 Å². The molecule has 28 heavy (non-hydrogen) atoms. The maximum Gasteiger partial charge on any atom is 0.248 e. The van der Waals surface area contributed by atoms with Gasteiger partial charge < -0.3 is 28.7 Å². The molecule has 0 saturated heterocycles. The second-order valence-corrected chi connectivity index (χ2v) is 5.76. The molecular weight excluding hydrogens is 362 g/mol. The first-order valence-corrected chi connectivity index (χ1v) is 8.45. The highest BCUT2D eigenvalue weighted by Gasteiger charge is 2.14. The number of furan rings is 1. The fraction of sp³-hybridized carbons (Fsp3) is 0.190. The molecule has 1 N–H and O–H groups in total. The van der Waals surface area contributed by atoms with Crippen molar-refractivity contribution in [3.05, 3.63) is 48.2 Å². The van der Waals surface area contributed by atoms with Crippen molar-refractivity contribution in [2.75, 3.05) is 33.8 Å². The molecular formula is C21H21NO6. The summed E-state index contributed by atoms with van der Waals surface area (Å²) in [5, 5.41) is 3.65. The summed E-state index contributed by atoms with van der Waals surface area (Å²) < 4.78 is 26.9. The van der Waals surface area contributed by atoms with Crippen molar-refractivity contribution in [1.29, 1.82) is 0 Å². The summed E-state index contributed by atoms with van der Waals surface area (Å²) >= 11 is 0. The molecule has 7 nitrogen and oxygen atoms in total. The molecule has 1 heterocycles. The van der Waals surface area contributed by atoms with Crippen LogP contribution in [-0.2, 0) is 4.79 Å². The minimum Gasteiger partial charge on any atom is -0.493 e. The van der Waals surface area contributed by atoms with Gasteiger partial charge in [-0.3, -0.25) is 4.79 Å². The minimum atomic E-state index is -0.332. The van der Waals surface area contributed by atoms with E-state index in [-0.39, 0.29) is 5.91 Å². The van der Waals surface area contributed by atoms with E-state index in [0.717, 1.165) is 5.39 Å². The smallest absolute Gasteiger partial charge is 0.248 e. The second kappa shape index (κ2) is 8.39. The molecule has 0 aliphatic rings. The third kappa shape index (κ3) is 3.88. The second-order valence-electron chi connectivity index (χ2n) is 5.76. The zero-order valence-corrected chi connectivity index (χ0v) is 16.1. The highest BCUT2D eigenvalue weighted by molar-refractivity contribution is 6.02. The number of fused-ring (bicyclic) bond motifs is 1. The molecule has 0 radical (unpaired) electrons. The Labute approximate surface area is 162 Å². The Kier molecular flexibility index (Phi) is 5.74. The number of carbonyl (C=O) groups excluding carboxylic acids is 1. The number of ether oxygens (including phenoxy) is 4. The molecule has 7 heteroatoms. The lowest BCUT2D eigenvalue weighted by molar-refractivity contribution is -0.111. The molecule has 146 valence electrons. The maximum atomic E-state index is 12.3. The monoisotopic (exact) mass is 383 g/mol. The number of nitrogens with one attached hydrogen (secondary N) is 1. The van der Waals surface area contributed by atoms with Gasteiger partial charge in [0.15, 0.2) is 22.8 Å². The van der Waals surface area contributed by atoms with E-state index in [1.54, 1.807) is 25.3 Å². The Hall–Kier alpha value is -3.61. The molecule has 0 atom stereocenters. The zero-order chi connectivity index (χ0) is 20.1. The largest absolute Gasteiger partial charge is 0.493 e. The number of amides is 1. The molecule has 3 aromatic rings. The lowest BCUT2D eigenvalue weighted by atomic mass is 10.2. The molecule has 0 bridgehead atoms. The molecule has 3 rings (SSSR count). The molecule has 0 aliphatic carbocycles. The van der Waals surface area contributed by atoms with Crippen LogP contribution >= 0.6 is 0 Å². The first-order valence-electron chi connectivity index (χ1n) is 8.45. The number of hydrogen-bond donors (Lipinski definition) is 1. The van der Waals surface area contributed by atoms with E-state index in [1.807, 2.05) is 24.3 Å². The highest BCUT2D eigenvalue weighted by Crippen LogP contribution is 2.40. The molecule has 2 aromatic carbocycles. The van der Waals surface area contributed by atoms with Crippen molar-refractivity contribution in [3.8, 4) is 23.0 Å². The predicted molar refractivity (Wildman–Crippen MR) is 107 cm³/mol. The van der Waals surface area contributed by atoms with Gasteiger partial charge in [-0.05, 0) is 18.2 Å².